The molecule has 0 unspecified atom stereocenters. The molecule has 7 heteroatoms. The first-order chi connectivity index (χ1) is 11.4. The van der Waals surface area contributed by atoms with Gasteiger partial charge in [0, 0.05) is 23.5 Å². The normalized spacial score (nSPS) is 45.3. The number of aliphatic hydroxyl groups is 2. The van der Waals surface area contributed by atoms with E-state index in [4.69, 9.17) is 9.47 Å². The second-order valence-electron chi connectivity index (χ2n) is 7.37. The van der Waals surface area contributed by atoms with E-state index in [0.29, 0.717) is 11.3 Å². The standard InChI is InChI=1S/C17H22O6S/c1-8-4-2-3-5-10-9(6-12(18)22-8)13(19)11-7-17(10)15(24-11)14(20)16(21)23-17/h8-11,13,19-20H,2-7H2,1H3/t8-,9+,10+,11+,13+,17+/m0/s1. The monoisotopic (exact) mass is 354 g/mol. The van der Waals surface area contributed by atoms with Crippen LogP contribution in [0.5, 0.6) is 0 Å². The van der Waals surface area contributed by atoms with Crippen LogP contribution in [0.15, 0.2) is 10.7 Å². The lowest BCUT2D eigenvalue weighted by molar-refractivity contribution is -0.167. The minimum atomic E-state index is -0.856. The molecule has 0 amide bonds. The summed E-state index contributed by atoms with van der Waals surface area (Å²) in [6, 6.07) is 0. The van der Waals surface area contributed by atoms with Crippen molar-refractivity contribution in [3.8, 4) is 0 Å². The van der Waals surface area contributed by atoms with Gasteiger partial charge in [0.1, 0.15) is 0 Å². The van der Waals surface area contributed by atoms with E-state index in [9.17, 15) is 19.8 Å². The van der Waals surface area contributed by atoms with Crippen molar-refractivity contribution in [1.82, 2.24) is 0 Å². The molecule has 1 spiro atoms. The van der Waals surface area contributed by atoms with Crippen LogP contribution in [0.2, 0.25) is 0 Å². The summed E-state index contributed by atoms with van der Waals surface area (Å²) in [5.74, 6) is -1.78. The molecule has 6 nitrogen and oxygen atoms in total. The Morgan fingerprint density at radius 1 is 1.25 bits per heavy atom. The second kappa shape index (κ2) is 5.66. The first-order valence-corrected chi connectivity index (χ1v) is 9.51. The summed E-state index contributed by atoms with van der Waals surface area (Å²) in [6.45, 7) is 1.89. The third-order valence-electron chi connectivity index (χ3n) is 5.89. The Hall–Kier alpha value is -1.21. The highest BCUT2D eigenvalue weighted by Gasteiger charge is 2.66. The molecule has 132 valence electrons. The SMILES string of the molecule is C[C@H]1CCCC[C@@H]2[C@@H](CC(=O)O1)[C@@H](O)[C@H]1C[C@@]23OC(=O)C(O)=C3S1. The summed E-state index contributed by atoms with van der Waals surface area (Å²) in [4.78, 5) is 24.7. The summed E-state index contributed by atoms with van der Waals surface area (Å²) in [5, 5.41) is 20.7. The number of carbonyl (C=O) groups is 2. The number of hydrogen-bond acceptors (Lipinski definition) is 7. The second-order valence-corrected chi connectivity index (χ2v) is 8.62. The lowest BCUT2D eigenvalue weighted by Crippen LogP contribution is -2.53. The molecule has 0 aromatic carbocycles. The summed E-state index contributed by atoms with van der Waals surface area (Å²) < 4.78 is 11.1. The van der Waals surface area contributed by atoms with Gasteiger partial charge in [-0.15, -0.1) is 11.8 Å². The topological polar surface area (TPSA) is 93.1 Å². The lowest BCUT2D eigenvalue weighted by atomic mass is 9.64. The fraction of sp³-hybridized carbons (Fsp3) is 0.765. The number of esters is 2. The molecular weight excluding hydrogens is 332 g/mol. The number of cyclic esters (lactones) is 1. The van der Waals surface area contributed by atoms with Crippen LogP contribution in [0.4, 0.5) is 0 Å². The van der Waals surface area contributed by atoms with Crippen LogP contribution in [0.25, 0.3) is 0 Å². The van der Waals surface area contributed by atoms with Crippen LogP contribution in [0, 0.1) is 11.8 Å². The van der Waals surface area contributed by atoms with Crippen LogP contribution in [-0.2, 0) is 19.1 Å². The van der Waals surface area contributed by atoms with Crippen LogP contribution in [0.3, 0.4) is 0 Å². The Morgan fingerprint density at radius 3 is 2.79 bits per heavy atom. The molecule has 24 heavy (non-hydrogen) atoms. The van der Waals surface area contributed by atoms with Crippen molar-refractivity contribution in [2.45, 2.75) is 68.5 Å². The van der Waals surface area contributed by atoms with E-state index in [0.717, 1.165) is 25.7 Å². The fourth-order valence-electron chi connectivity index (χ4n) is 4.81. The van der Waals surface area contributed by atoms with Gasteiger partial charge in [-0.1, -0.05) is 6.42 Å². The molecule has 3 aliphatic heterocycles. The predicted molar refractivity (Wildman–Crippen MR) is 86.1 cm³/mol. The van der Waals surface area contributed by atoms with E-state index < -0.39 is 17.7 Å². The zero-order valence-corrected chi connectivity index (χ0v) is 14.4. The van der Waals surface area contributed by atoms with Crippen LogP contribution in [-0.4, -0.2) is 45.2 Å². The first-order valence-electron chi connectivity index (χ1n) is 8.63. The number of fused-ring (bicyclic) bond motifs is 2. The van der Waals surface area contributed by atoms with Crippen molar-refractivity contribution >= 4 is 23.7 Å². The molecule has 2 N–H and O–H groups in total. The van der Waals surface area contributed by atoms with Crippen molar-refractivity contribution in [3.05, 3.63) is 10.7 Å². The number of ether oxygens (including phenoxy) is 2. The van der Waals surface area contributed by atoms with E-state index in [1.165, 1.54) is 11.8 Å². The van der Waals surface area contributed by atoms with Gasteiger partial charge in [-0.3, -0.25) is 4.79 Å². The molecule has 0 aromatic rings. The summed E-state index contributed by atoms with van der Waals surface area (Å²) in [6.07, 6.45) is 3.26. The van der Waals surface area contributed by atoms with Crippen molar-refractivity contribution in [1.29, 1.82) is 0 Å². The van der Waals surface area contributed by atoms with E-state index in [1.54, 1.807) is 0 Å². The van der Waals surface area contributed by atoms with Crippen molar-refractivity contribution in [2.75, 3.05) is 0 Å². The molecule has 2 saturated heterocycles. The largest absolute Gasteiger partial charge is 0.501 e. The highest BCUT2D eigenvalue weighted by atomic mass is 32.2. The number of hydrogen-bond donors (Lipinski definition) is 2. The van der Waals surface area contributed by atoms with Gasteiger partial charge >= 0.3 is 11.9 Å². The molecule has 4 rings (SSSR count). The third-order valence-corrected chi connectivity index (χ3v) is 7.41. The zero-order valence-electron chi connectivity index (χ0n) is 13.6. The minimum Gasteiger partial charge on any atom is -0.501 e. The molecule has 3 heterocycles. The van der Waals surface area contributed by atoms with Crippen molar-refractivity contribution in [3.63, 3.8) is 0 Å². The van der Waals surface area contributed by atoms with Gasteiger partial charge in [-0.2, -0.15) is 0 Å². The van der Waals surface area contributed by atoms with Gasteiger partial charge in [0.25, 0.3) is 0 Å². The van der Waals surface area contributed by atoms with Gasteiger partial charge in [-0.05, 0) is 26.2 Å². The molecule has 1 saturated carbocycles. The van der Waals surface area contributed by atoms with Crippen molar-refractivity contribution < 1.29 is 29.3 Å². The van der Waals surface area contributed by atoms with E-state index in [-0.39, 0.29) is 41.3 Å². The highest BCUT2D eigenvalue weighted by Crippen LogP contribution is 2.63. The van der Waals surface area contributed by atoms with Gasteiger partial charge in [0.05, 0.1) is 23.5 Å². The van der Waals surface area contributed by atoms with Gasteiger partial charge in [0.2, 0.25) is 5.76 Å². The average Bonchev–Trinajstić information content (AvgIpc) is 2.97. The third kappa shape index (κ3) is 2.28. The van der Waals surface area contributed by atoms with Gasteiger partial charge < -0.3 is 19.7 Å². The number of aliphatic hydroxyl groups excluding tert-OH is 2. The molecule has 3 fully saturated rings. The quantitative estimate of drug-likeness (QED) is 0.643. The maximum atomic E-state index is 12.3. The Morgan fingerprint density at radius 2 is 2.00 bits per heavy atom. The molecule has 0 radical (unpaired) electrons. The Bertz CT molecular complexity index is 616. The molecule has 0 aromatic heterocycles. The maximum absolute atomic E-state index is 12.3. The van der Waals surface area contributed by atoms with Crippen LogP contribution in [0.1, 0.15) is 45.4 Å². The Balaban J connectivity index is 1.71. The molecule has 4 aliphatic rings. The van der Waals surface area contributed by atoms with Crippen LogP contribution < -0.4 is 0 Å². The molecule has 2 bridgehead atoms. The van der Waals surface area contributed by atoms with Crippen molar-refractivity contribution in [2.24, 2.45) is 11.8 Å². The molecule has 1 aliphatic carbocycles. The lowest BCUT2D eigenvalue weighted by Gasteiger charge is -2.45. The zero-order chi connectivity index (χ0) is 17.1. The Kier molecular flexibility index (Phi) is 3.84. The maximum Gasteiger partial charge on any atom is 0.375 e. The Labute approximate surface area is 144 Å². The van der Waals surface area contributed by atoms with Gasteiger partial charge in [-0.25, -0.2) is 4.79 Å². The smallest absolute Gasteiger partial charge is 0.375 e. The van der Waals surface area contributed by atoms with Gasteiger partial charge in [0.15, 0.2) is 5.60 Å². The van der Waals surface area contributed by atoms with Crippen LogP contribution >= 0.6 is 11.8 Å². The fourth-order valence-corrected chi connectivity index (χ4v) is 6.46. The summed E-state index contributed by atoms with van der Waals surface area (Å²) in [5.41, 5.74) is -0.856. The van der Waals surface area contributed by atoms with E-state index in [2.05, 4.69) is 0 Å². The summed E-state index contributed by atoms with van der Waals surface area (Å²) >= 11 is 1.34. The molecule has 6 atom stereocenters. The number of thioether (sulfide) groups is 1. The first kappa shape index (κ1) is 16.3. The minimum absolute atomic E-state index is 0.108. The molecular formula is C17H22O6S. The van der Waals surface area contributed by atoms with E-state index >= 15 is 0 Å². The highest BCUT2D eigenvalue weighted by molar-refractivity contribution is 8.04. The predicted octanol–water partition coefficient (Wildman–Crippen LogP) is 2.06. The summed E-state index contributed by atoms with van der Waals surface area (Å²) in [7, 11) is 0. The average molecular weight is 354 g/mol. The number of carbonyl (C=O) groups excluding carboxylic acids is 2. The van der Waals surface area contributed by atoms with E-state index in [1.807, 2.05) is 6.92 Å². The number of rotatable bonds is 0.